The van der Waals surface area contributed by atoms with Gasteiger partial charge in [-0.3, -0.25) is 4.79 Å². The zero-order chi connectivity index (χ0) is 14.1. The van der Waals surface area contributed by atoms with Crippen LogP contribution < -0.4 is 0 Å². The molecule has 0 radical (unpaired) electrons. The Labute approximate surface area is 123 Å². The highest BCUT2D eigenvalue weighted by atomic mass is 35.5. The zero-order valence-electron chi connectivity index (χ0n) is 12.2. The molecule has 4 atom stereocenters. The first-order valence-corrected chi connectivity index (χ1v) is 8.11. The van der Waals surface area contributed by atoms with Crippen LogP contribution in [0, 0.1) is 11.8 Å². The quantitative estimate of drug-likeness (QED) is 0.492. The van der Waals surface area contributed by atoms with Crippen molar-refractivity contribution in [3.8, 4) is 0 Å². The summed E-state index contributed by atoms with van der Waals surface area (Å²) >= 11 is 11.9. The molecule has 4 unspecified atom stereocenters. The van der Waals surface area contributed by atoms with Gasteiger partial charge in [0.15, 0.2) is 0 Å². The number of halogens is 2. The zero-order valence-corrected chi connectivity index (χ0v) is 13.7. The highest BCUT2D eigenvalue weighted by molar-refractivity contribution is 6.20. The lowest BCUT2D eigenvalue weighted by atomic mass is 9.83. The maximum absolute atomic E-state index is 12.4. The fourth-order valence-corrected chi connectivity index (χ4v) is 2.54. The van der Waals surface area contributed by atoms with E-state index in [-0.39, 0.29) is 22.6 Å². The predicted molar refractivity (Wildman–Crippen MR) is 81.7 cm³/mol. The van der Waals surface area contributed by atoms with Crippen molar-refractivity contribution in [2.24, 2.45) is 11.8 Å². The van der Waals surface area contributed by atoms with Crippen molar-refractivity contribution in [1.29, 1.82) is 0 Å². The first kappa shape index (κ1) is 18.2. The highest BCUT2D eigenvalue weighted by Gasteiger charge is 2.24. The number of alkyl halides is 2. The lowest BCUT2D eigenvalue weighted by Gasteiger charge is -2.21. The van der Waals surface area contributed by atoms with Crippen molar-refractivity contribution in [1.82, 2.24) is 0 Å². The molecule has 0 aliphatic heterocycles. The van der Waals surface area contributed by atoms with Crippen LogP contribution in [0.5, 0.6) is 0 Å². The average molecular weight is 295 g/mol. The molecule has 0 amide bonds. The second-order valence-corrected chi connectivity index (χ2v) is 6.82. The molecule has 0 heterocycles. The van der Waals surface area contributed by atoms with Crippen LogP contribution in [0.25, 0.3) is 0 Å². The Morgan fingerprint density at radius 1 is 0.833 bits per heavy atom. The Morgan fingerprint density at radius 3 is 1.39 bits per heavy atom. The number of hydrogen-bond acceptors (Lipinski definition) is 1. The Balaban J connectivity index is 4.33. The number of rotatable bonds is 10. The van der Waals surface area contributed by atoms with Gasteiger partial charge in [-0.25, -0.2) is 0 Å². The molecular formula is C15H28Cl2O. The number of Topliss-reactive ketones (excluding diaryl/α,β-unsaturated/α-hetero) is 1. The van der Waals surface area contributed by atoms with Gasteiger partial charge in [-0.2, -0.15) is 0 Å². The molecule has 108 valence electrons. The van der Waals surface area contributed by atoms with Crippen LogP contribution in [0.15, 0.2) is 0 Å². The van der Waals surface area contributed by atoms with Crippen molar-refractivity contribution in [2.45, 2.75) is 77.0 Å². The van der Waals surface area contributed by atoms with E-state index in [1.54, 1.807) is 0 Å². The van der Waals surface area contributed by atoms with Crippen molar-refractivity contribution in [3.05, 3.63) is 0 Å². The molecule has 0 rings (SSSR count). The molecule has 3 heteroatoms. The fraction of sp³-hybridized carbons (Fsp3) is 0.933. The molecule has 0 aliphatic carbocycles. The smallest absolute Gasteiger partial charge is 0.139 e. The summed E-state index contributed by atoms with van der Waals surface area (Å²) in [6.07, 6.45) is 5.55. The molecule has 0 saturated carbocycles. The van der Waals surface area contributed by atoms with E-state index in [1.165, 1.54) is 0 Å². The lowest BCUT2D eigenvalue weighted by Crippen LogP contribution is -2.24. The Bertz CT molecular complexity index is 205. The fourth-order valence-electron chi connectivity index (χ4n) is 2.29. The van der Waals surface area contributed by atoms with Gasteiger partial charge in [0.1, 0.15) is 5.78 Å². The summed E-state index contributed by atoms with van der Waals surface area (Å²) in [6, 6.07) is 0. The molecule has 0 aliphatic rings. The summed E-state index contributed by atoms with van der Waals surface area (Å²) in [5, 5.41) is 0.324. The van der Waals surface area contributed by atoms with Gasteiger partial charge in [0.2, 0.25) is 0 Å². The SMILES string of the molecule is CCC(CCC(C)Cl)C(=O)C(CC)CCC(C)Cl. The topological polar surface area (TPSA) is 17.1 Å². The first-order chi connectivity index (χ1) is 8.42. The van der Waals surface area contributed by atoms with Gasteiger partial charge < -0.3 is 0 Å². The molecule has 0 saturated heterocycles. The summed E-state index contributed by atoms with van der Waals surface area (Å²) in [5.41, 5.74) is 0. The van der Waals surface area contributed by atoms with E-state index in [0.717, 1.165) is 38.5 Å². The van der Waals surface area contributed by atoms with E-state index in [2.05, 4.69) is 13.8 Å². The van der Waals surface area contributed by atoms with E-state index < -0.39 is 0 Å². The summed E-state index contributed by atoms with van der Waals surface area (Å²) in [7, 11) is 0. The number of carbonyl (C=O) groups excluding carboxylic acids is 1. The van der Waals surface area contributed by atoms with Crippen LogP contribution in [0.4, 0.5) is 0 Å². The number of hydrogen-bond donors (Lipinski definition) is 0. The monoisotopic (exact) mass is 294 g/mol. The molecule has 0 N–H and O–H groups in total. The van der Waals surface area contributed by atoms with Crippen molar-refractivity contribution in [3.63, 3.8) is 0 Å². The Kier molecular flexibility index (Phi) is 10.2. The first-order valence-electron chi connectivity index (χ1n) is 7.24. The van der Waals surface area contributed by atoms with Crippen LogP contribution in [-0.4, -0.2) is 16.5 Å². The minimum absolute atomic E-state index is 0.162. The third-order valence-electron chi connectivity index (χ3n) is 3.62. The lowest BCUT2D eigenvalue weighted by molar-refractivity contribution is -0.127. The molecule has 0 aromatic heterocycles. The summed E-state index contributed by atoms with van der Waals surface area (Å²) in [5.74, 6) is 0.790. The van der Waals surface area contributed by atoms with Gasteiger partial charge >= 0.3 is 0 Å². The number of ketones is 1. The van der Waals surface area contributed by atoms with E-state index in [1.807, 2.05) is 13.8 Å². The Hall–Kier alpha value is 0.250. The maximum Gasteiger partial charge on any atom is 0.139 e. The van der Waals surface area contributed by atoms with Gasteiger partial charge in [0.25, 0.3) is 0 Å². The number of carbonyl (C=O) groups is 1. The molecular weight excluding hydrogens is 267 g/mol. The van der Waals surface area contributed by atoms with Gasteiger partial charge in [-0.05, 0) is 52.4 Å². The van der Waals surface area contributed by atoms with Crippen LogP contribution in [0.2, 0.25) is 0 Å². The van der Waals surface area contributed by atoms with Crippen LogP contribution in [-0.2, 0) is 4.79 Å². The van der Waals surface area contributed by atoms with Gasteiger partial charge in [-0.1, -0.05) is 13.8 Å². The normalized spacial score (nSPS) is 18.1. The second kappa shape index (κ2) is 10.1. The molecule has 0 fully saturated rings. The largest absolute Gasteiger partial charge is 0.299 e. The van der Waals surface area contributed by atoms with Crippen LogP contribution in [0.3, 0.4) is 0 Å². The summed E-state index contributed by atoms with van der Waals surface area (Å²) in [4.78, 5) is 12.4. The van der Waals surface area contributed by atoms with Gasteiger partial charge in [0, 0.05) is 22.6 Å². The summed E-state index contributed by atoms with van der Waals surface area (Å²) < 4.78 is 0. The highest BCUT2D eigenvalue weighted by Crippen LogP contribution is 2.25. The standard InChI is InChI=1S/C15H28Cl2O/c1-5-13(9-7-11(3)16)15(18)14(6-2)10-8-12(4)17/h11-14H,5-10H2,1-4H3. The maximum atomic E-state index is 12.4. The minimum atomic E-state index is 0.162. The third-order valence-corrected chi connectivity index (χ3v) is 4.05. The molecule has 0 aromatic carbocycles. The molecule has 0 spiro atoms. The molecule has 0 bridgehead atoms. The molecule has 0 aromatic rings. The van der Waals surface area contributed by atoms with Crippen molar-refractivity contribution in [2.75, 3.05) is 0 Å². The van der Waals surface area contributed by atoms with E-state index in [4.69, 9.17) is 23.2 Å². The van der Waals surface area contributed by atoms with E-state index >= 15 is 0 Å². The van der Waals surface area contributed by atoms with Gasteiger partial charge in [0.05, 0.1) is 0 Å². The van der Waals surface area contributed by atoms with Crippen molar-refractivity contribution >= 4 is 29.0 Å². The molecule has 18 heavy (non-hydrogen) atoms. The van der Waals surface area contributed by atoms with E-state index in [9.17, 15) is 4.79 Å². The van der Waals surface area contributed by atoms with Gasteiger partial charge in [-0.15, -0.1) is 23.2 Å². The third kappa shape index (κ3) is 7.63. The van der Waals surface area contributed by atoms with Crippen molar-refractivity contribution < 1.29 is 4.79 Å². The van der Waals surface area contributed by atoms with E-state index in [0.29, 0.717) is 5.78 Å². The summed E-state index contributed by atoms with van der Waals surface area (Å²) in [6.45, 7) is 8.17. The van der Waals surface area contributed by atoms with Crippen LogP contribution in [0.1, 0.15) is 66.2 Å². The minimum Gasteiger partial charge on any atom is -0.299 e. The Morgan fingerprint density at radius 2 is 1.17 bits per heavy atom. The van der Waals surface area contributed by atoms with Crippen LogP contribution >= 0.6 is 23.2 Å². The average Bonchev–Trinajstić information content (AvgIpc) is 2.29. The second-order valence-electron chi connectivity index (χ2n) is 5.33. The molecule has 1 nitrogen and oxygen atoms in total. The predicted octanol–water partition coefficient (Wildman–Crippen LogP) is 5.42.